The van der Waals surface area contributed by atoms with Gasteiger partial charge in [-0.1, -0.05) is 17.3 Å². The van der Waals surface area contributed by atoms with Gasteiger partial charge < -0.3 is 20.2 Å². The highest BCUT2D eigenvalue weighted by Gasteiger charge is 2.24. The Morgan fingerprint density at radius 1 is 1.45 bits per heavy atom. The largest absolute Gasteiger partial charge is 0.390 e. The Kier molecular flexibility index (Phi) is 3.84. The van der Waals surface area contributed by atoms with Gasteiger partial charge in [0.25, 0.3) is 0 Å². The second kappa shape index (κ2) is 5.76. The first-order chi connectivity index (χ1) is 9.78. The Bertz CT molecular complexity index is 509. The minimum Gasteiger partial charge on any atom is -0.390 e. The third kappa shape index (κ3) is 2.62. The molecule has 0 saturated carbocycles. The summed E-state index contributed by atoms with van der Waals surface area (Å²) >= 11 is 0. The number of hydrogen-bond donors (Lipinski definition) is 1. The lowest BCUT2D eigenvalue weighted by Crippen LogP contribution is -2.42. The lowest BCUT2D eigenvalue weighted by Gasteiger charge is -2.32. The van der Waals surface area contributed by atoms with E-state index >= 15 is 0 Å². The molecule has 0 spiro atoms. The number of ether oxygens (including phenoxy) is 1. The Balaban J connectivity index is 1.79. The predicted molar refractivity (Wildman–Crippen MR) is 74.6 cm³/mol. The van der Waals surface area contributed by atoms with Crippen molar-refractivity contribution in [2.24, 2.45) is 10.9 Å². The molecule has 0 aromatic heterocycles. The van der Waals surface area contributed by atoms with E-state index in [0.717, 1.165) is 17.0 Å². The Morgan fingerprint density at radius 2 is 2.35 bits per heavy atom. The van der Waals surface area contributed by atoms with E-state index in [1.807, 2.05) is 24.3 Å². The molecule has 2 atom stereocenters. The van der Waals surface area contributed by atoms with E-state index in [9.17, 15) is 4.39 Å². The molecular formula is C14H18FN3O2. The number of benzene rings is 1. The Labute approximate surface area is 117 Å². The number of rotatable bonds is 3. The molecule has 5 nitrogen and oxygen atoms in total. The fourth-order valence-corrected chi connectivity index (χ4v) is 2.45. The van der Waals surface area contributed by atoms with Crippen LogP contribution >= 0.6 is 0 Å². The smallest absolute Gasteiger partial charge is 0.196 e. The fourth-order valence-electron chi connectivity index (χ4n) is 2.45. The molecule has 20 heavy (non-hydrogen) atoms. The summed E-state index contributed by atoms with van der Waals surface area (Å²) in [6.07, 6.45) is -0.453. The highest BCUT2D eigenvalue weighted by molar-refractivity contribution is 6.01. The third-order valence-electron chi connectivity index (χ3n) is 3.58. The first-order valence-corrected chi connectivity index (χ1v) is 6.79. The minimum atomic E-state index is -1.10. The van der Waals surface area contributed by atoms with Crippen LogP contribution in [0.5, 0.6) is 0 Å². The molecule has 0 amide bonds. The molecule has 3 rings (SSSR count). The number of hydrogen-bond acceptors (Lipinski definition) is 5. The average Bonchev–Trinajstić information content (AvgIpc) is 2.97. The van der Waals surface area contributed by atoms with Crippen molar-refractivity contribution < 1.29 is 14.0 Å². The minimum absolute atomic E-state index is 0.0500. The van der Waals surface area contributed by atoms with E-state index < -0.39 is 6.30 Å². The van der Waals surface area contributed by atoms with Gasteiger partial charge in [-0.15, -0.1) is 0 Å². The maximum Gasteiger partial charge on any atom is 0.196 e. The molecule has 2 aliphatic heterocycles. The van der Waals surface area contributed by atoms with Gasteiger partial charge in [0.05, 0.1) is 18.9 Å². The van der Waals surface area contributed by atoms with Crippen molar-refractivity contribution in [3.8, 4) is 0 Å². The van der Waals surface area contributed by atoms with Crippen LogP contribution in [0.15, 0.2) is 29.4 Å². The zero-order chi connectivity index (χ0) is 13.9. The van der Waals surface area contributed by atoms with Crippen LogP contribution in [0.25, 0.3) is 0 Å². The van der Waals surface area contributed by atoms with E-state index in [1.165, 1.54) is 0 Å². The van der Waals surface area contributed by atoms with Gasteiger partial charge in [-0.25, -0.2) is 4.39 Å². The molecule has 2 heterocycles. The first kappa shape index (κ1) is 13.3. The topological polar surface area (TPSA) is 60.1 Å². The zero-order valence-corrected chi connectivity index (χ0v) is 11.2. The number of anilines is 1. The van der Waals surface area contributed by atoms with Gasteiger partial charge in [-0.3, -0.25) is 0 Å². The van der Waals surface area contributed by atoms with Gasteiger partial charge in [0.15, 0.2) is 6.30 Å². The summed E-state index contributed by atoms with van der Waals surface area (Å²) in [6.45, 7) is 1.66. The van der Waals surface area contributed by atoms with Crippen molar-refractivity contribution in [1.82, 2.24) is 0 Å². The summed E-state index contributed by atoms with van der Waals surface area (Å²) in [5.74, 6) is 0. The van der Waals surface area contributed by atoms with Gasteiger partial charge in [0, 0.05) is 30.8 Å². The summed E-state index contributed by atoms with van der Waals surface area (Å²) in [7, 11) is 0. The molecule has 0 unspecified atom stereocenters. The van der Waals surface area contributed by atoms with Crippen LogP contribution in [-0.4, -0.2) is 44.4 Å². The van der Waals surface area contributed by atoms with Crippen LogP contribution < -0.4 is 10.6 Å². The molecule has 0 radical (unpaired) electrons. The molecule has 0 aliphatic carbocycles. The molecule has 6 heteroatoms. The van der Waals surface area contributed by atoms with Crippen molar-refractivity contribution in [2.75, 3.05) is 31.2 Å². The lowest BCUT2D eigenvalue weighted by atomic mass is 10.0. The number of alkyl halides is 1. The molecule has 2 N–H and O–H groups in total. The SMILES string of the molecule is NC[C@@H]1CC(c2cccc(N3CCOC[C@@H]3F)c2)=NO1. The molecule has 1 aromatic rings. The summed E-state index contributed by atoms with van der Waals surface area (Å²) in [5.41, 5.74) is 8.24. The maximum atomic E-state index is 13.9. The highest BCUT2D eigenvalue weighted by Crippen LogP contribution is 2.24. The molecule has 1 saturated heterocycles. The first-order valence-electron chi connectivity index (χ1n) is 6.79. The van der Waals surface area contributed by atoms with Gasteiger partial charge >= 0.3 is 0 Å². The van der Waals surface area contributed by atoms with E-state index in [4.69, 9.17) is 15.3 Å². The lowest BCUT2D eigenvalue weighted by molar-refractivity contribution is 0.0496. The van der Waals surface area contributed by atoms with Crippen LogP contribution in [0.1, 0.15) is 12.0 Å². The van der Waals surface area contributed by atoms with Gasteiger partial charge in [0.2, 0.25) is 0 Å². The standard InChI is InChI=1S/C14H18FN3O2/c15-14-9-19-5-4-18(14)11-3-1-2-10(6-11)13-7-12(8-16)20-17-13/h1-3,6,12,14H,4-5,7-9,16H2/t12-,14+/m0/s1. The average molecular weight is 279 g/mol. The van der Waals surface area contributed by atoms with Crippen LogP contribution in [0, 0.1) is 0 Å². The zero-order valence-electron chi connectivity index (χ0n) is 11.2. The highest BCUT2D eigenvalue weighted by atomic mass is 19.1. The monoisotopic (exact) mass is 279 g/mol. The van der Waals surface area contributed by atoms with Gasteiger partial charge in [-0.05, 0) is 12.1 Å². The predicted octanol–water partition coefficient (Wildman–Crippen LogP) is 1.27. The van der Waals surface area contributed by atoms with E-state index in [-0.39, 0.29) is 12.7 Å². The normalized spacial score (nSPS) is 26.3. The molecule has 108 valence electrons. The summed E-state index contributed by atoms with van der Waals surface area (Å²) in [6, 6.07) is 7.71. The van der Waals surface area contributed by atoms with Gasteiger partial charge in [-0.2, -0.15) is 0 Å². The second-order valence-electron chi connectivity index (χ2n) is 4.96. The quantitative estimate of drug-likeness (QED) is 0.847. The maximum absolute atomic E-state index is 13.9. The number of halogens is 1. The number of nitrogens with zero attached hydrogens (tertiary/aromatic N) is 2. The van der Waals surface area contributed by atoms with Crippen LogP contribution in [0.3, 0.4) is 0 Å². The number of oxime groups is 1. The Morgan fingerprint density at radius 3 is 3.10 bits per heavy atom. The van der Waals surface area contributed by atoms with Crippen LogP contribution in [0.2, 0.25) is 0 Å². The van der Waals surface area contributed by atoms with Crippen molar-refractivity contribution in [2.45, 2.75) is 18.8 Å². The summed E-state index contributed by atoms with van der Waals surface area (Å²) in [4.78, 5) is 6.94. The van der Waals surface area contributed by atoms with Crippen LogP contribution in [-0.2, 0) is 9.57 Å². The van der Waals surface area contributed by atoms with Crippen molar-refractivity contribution in [1.29, 1.82) is 0 Å². The van der Waals surface area contributed by atoms with Crippen molar-refractivity contribution in [3.05, 3.63) is 29.8 Å². The van der Waals surface area contributed by atoms with E-state index in [2.05, 4.69) is 5.16 Å². The summed E-state index contributed by atoms with van der Waals surface area (Å²) < 4.78 is 19.0. The van der Waals surface area contributed by atoms with Crippen LogP contribution in [0.4, 0.5) is 10.1 Å². The fraction of sp³-hybridized carbons (Fsp3) is 0.500. The molecule has 2 aliphatic rings. The summed E-state index contributed by atoms with van der Waals surface area (Å²) in [5, 5.41) is 4.06. The third-order valence-corrected chi connectivity index (χ3v) is 3.58. The van der Waals surface area contributed by atoms with E-state index in [0.29, 0.717) is 26.1 Å². The molecule has 1 fully saturated rings. The van der Waals surface area contributed by atoms with Crippen molar-refractivity contribution in [3.63, 3.8) is 0 Å². The number of morpholine rings is 1. The van der Waals surface area contributed by atoms with Crippen molar-refractivity contribution >= 4 is 11.4 Å². The molecular weight excluding hydrogens is 261 g/mol. The number of nitrogens with two attached hydrogens (primary N) is 1. The molecule has 0 bridgehead atoms. The second-order valence-corrected chi connectivity index (χ2v) is 4.96. The van der Waals surface area contributed by atoms with Gasteiger partial charge in [0.1, 0.15) is 6.10 Å². The van der Waals surface area contributed by atoms with E-state index in [1.54, 1.807) is 4.90 Å². The Hall–Kier alpha value is -1.66. The molecule has 1 aromatic carbocycles.